The number of hydrogen-bond donors (Lipinski definition) is 0. The molecule has 1 heterocycles. The van der Waals surface area contributed by atoms with Crippen LogP contribution in [0.15, 0.2) is 42.5 Å². The van der Waals surface area contributed by atoms with Crippen molar-refractivity contribution in [2.75, 3.05) is 0 Å². The van der Waals surface area contributed by atoms with Gasteiger partial charge < -0.3 is 4.74 Å². The smallest absolute Gasteiger partial charge is 0.302 e. The summed E-state index contributed by atoms with van der Waals surface area (Å²) in [5.41, 5.74) is 1.13. The fourth-order valence-corrected chi connectivity index (χ4v) is 1.98. The maximum absolute atomic E-state index is 12.9. The average Bonchev–Trinajstić information content (AvgIpc) is 2.77. The van der Waals surface area contributed by atoms with Crippen LogP contribution in [0, 0.1) is 15.9 Å². The molecule has 0 saturated heterocycles. The maximum Gasteiger partial charge on any atom is 0.302 e. The van der Waals surface area contributed by atoms with Gasteiger partial charge in [-0.25, -0.2) is 4.39 Å². The lowest BCUT2D eigenvalue weighted by Gasteiger charge is -2.04. The third-order valence-electron chi connectivity index (χ3n) is 3.06. The van der Waals surface area contributed by atoms with Crippen LogP contribution >= 0.6 is 0 Å². The van der Waals surface area contributed by atoms with Crippen molar-refractivity contribution in [1.29, 1.82) is 0 Å². The summed E-state index contributed by atoms with van der Waals surface area (Å²) in [5, 5.41) is 10.8. The van der Waals surface area contributed by atoms with Crippen molar-refractivity contribution in [2.45, 2.75) is 0 Å². The third kappa shape index (κ3) is 2.40. The van der Waals surface area contributed by atoms with Gasteiger partial charge in [0.05, 0.1) is 16.0 Å². The molecule has 21 heavy (non-hydrogen) atoms. The molecule has 0 unspecified atom stereocenters. The van der Waals surface area contributed by atoms with Gasteiger partial charge in [-0.05, 0) is 30.3 Å². The van der Waals surface area contributed by atoms with Crippen LogP contribution in [0.25, 0.3) is 11.0 Å². The van der Waals surface area contributed by atoms with E-state index in [9.17, 15) is 14.5 Å². The SMILES string of the molecule is Cn1c(Oc2ccc(F)cc2)nc2cc([N+](=O)[O-])ccc21. The molecule has 2 aromatic carbocycles. The van der Waals surface area contributed by atoms with E-state index in [2.05, 4.69) is 4.98 Å². The quantitative estimate of drug-likeness (QED) is 0.546. The first-order chi connectivity index (χ1) is 10.0. The summed E-state index contributed by atoms with van der Waals surface area (Å²) in [6.07, 6.45) is 0. The molecule has 0 radical (unpaired) electrons. The predicted octanol–water partition coefficient (Wildman–Crippen LogP) is 3.41. The largest absolute Gasteiger partial charge is 0.425 e. The number of benzene rings is 2. The van der Waals surface area contributed by atoms with Crippen molar-refractivity contribution >= 4 is 16.7 Å². The summed E-state index contributed by atoms with van der Waals surface area (Å²) in [7, 11) is 1.74. The average molecular weight is 287 g/mol. The number of hydrogen-bond acceptors (Lipinski definition) is 4. The molecule has 0 N–H and O–H groups in total. The number of nitro groups is 1. The Morgan fingerprint density at radius 2 is 1.95 bits per heavy atom. The molecule has 106 valence electrons. The van der Waals surface area contributed by atoms with Crippen LogP contribution < -0.4 is 4.74 Å². The van der Waals surface area contributed by atoms with Gasteiger partial charge in [0.15, 0.2) is 0 Å². The number of aromatic nitrogens is 2. The standard InChI is InChI=1S/C14H10FN3O3/c1-17-13-7-4-10(18(19)20)8-12(13)16-14(17)21-11-5-2-9(15)3-6-11/h2-8H,1H3. The third-order valence-corrected chi connectivity index (χ3v) is 3.06. The van der Waals surface area contributed by atoms with E-state index in [1.807, 2.05) is 0 Å². The molecule has 0 saturated carbocycles. The van der Waals surface area contributed by atoms with Gasteiger partial charge in [-0.3, -0.25) is 14.7 Å². The Balaban J connectivity index is 2.00. The molecule has 0 aliphatic carbocycles. The number of halogens is 1. The van der Waals surface area contributed by atoms with Gasteiger partial charge in [-0.15, -0.1) is 0 Å². The summed E-state index contributed by atoms with van der Waals surface area (Å²) in [5.74, 6) is 0.0762. The van der Waals surface area contributed by atoms with Gasteiger partial charge in [-0.2, -0.15) is 4.98 Å². The summed E-state index contributed by atoms with van der Waals surface area (Å²) < 4.78 is 20.1. The van der Waals surface area contributed by atoms with Gasteiger partial charge >= 0.3 is 6.01 Å². The normalized spacial score (nSPS) is 10.8. The monoisotopic (exact) mass is 287 g/mol. The highest BCUT2D eigenvalue weighted by Crippen LogP contribution is 2.27. The number of imidazole rings is 1. The van der Waals surface area contributed by atoms with Crippen molar-refractivity contribution in [2.24, 2.45) is 7.05 Å². The van der Waals surface area contributed by atoms with Crippen LogP contribution in [-0.2, 0) is 7.05 Å². The van der Waals surface area contributed by atoms with Crippen molar-refractivity contribution in [3.8, 4) is 11.8 Å². The number of nitrogens with zero attached hydrogens (tertiary/aromatic N) is 3. The van der Waals surface area contributed by atoms with Crippen molar-refractivity contribution in [1.82, 2.24) is 9.55 Å². The minimum absolute atomic E-state index is 0.0334. The van der Waals surface area contributed by atoms with E-state index < -0.39 is 4.92 Å². The molecule has 0 atom stereocenters. The van der Waals surface area contributed by atoms with Crippen LogP contribution in [-0.4, -0.2) is 14.5 Å². The minimum atomic E-state index is -0.478. The Morgan fingerprint density at radius 3 is 2.62 bits per heavy atom. The lowest BCUT2D eigenvalue weighted by Crippen LogP contribution is -1.94. The number of ether oxygens (including phenoxy) is 1. The van der Waals surface area contributed by atoms with E-state index in [1.165, 1.54) is 36.4 Å². The zero-order chi connectivity index (χ0) is 15.0. The van der Waals surface area contributed by atoms with E-state index in [0.29, 0.717) is 16.8 Å². The van der Waals surface area contributed by atoms with E-state index in [4.69, 9.17) is 4.74 Å². The Labute approximate surface area is 118 Å². The Kier molecular flexibility index (Phi) is 3.02. The second-order valence-electron chi connectivity index (χ2n) is 4.44. The molecule has 3 rings (SSSR count). The Morgan fingerprint density at radius 1 is 1.24 bits per heavy atom. The first kappa shape index (κ1) is 13.0. The minimum Gasteiger partial charge on any atom is -0.425 e. The van der Waals surface area contributed by atoms with Crippen molar-refractivity contribution < 1.29 is 14.1 Å². The number of rotatable bonds is 3. The van der Waals surface area contributed by atoms with Gasteiger partial charge in [0.1, 0.15) is 11.6 Å². The van der Waals surface area contributed by atoms with E-state index in [0.717, 1.165) is 0 Å². The molecule has 0 bridgehead atoms. The molecule has 0 amide bonds. The zero-order valence-electron chi connectivity index (χ0n) is 11.0. The molecule has 7 heteroatoms. The zero-order valence-corrected chi connectivity index (χ0v) is 11.0. The summed E-state index contributed by atoms with van der Waals surface area (Å²) >= 11 is 0. The van der Waals surface area contributed by atoms with Gasteiger partial charge in [-0.1, -0.05) is 0 Å². The maximum atomic E-state index is 12.9. The second-order valence-corrected chi connectivity index (χ2v) is 4.44. The molecular formula is C14H10FN3O3. The highest BCUT2D eigenvalue weighted by Gasteiger charge is 2.14. The fourth-order valence-electron chi connectivity index (χ4n) is 1.98. The summed E-state index contributed by atoms with van der Waals surface area (Å²) in [6, 6.07) is 10.2. The topological polar surface area (TPSA) is 70.2 Å². The number of nitro benzene ring substituents is 1. The van der Waals surface area contributed by atoms with E-state index >= 15 is 0 Å². The van der Waals surface area contributed by atoms with Gasteiger partial charge in [0, 0.05) is 19.2 Å². The summed E-state index contributed by atoms with van der Waals surface area (Å²) in [4.78, 5) is 14.5. The molecule has 0 spiro atoms. The van der Waals surface area contributed by atoms with Gasteiger partial charge in [0.2, 0.25) is 0 Å². The predicted molar refractivity (Wildman–Crippen MR) is 73.8 cm³/mol. The van der Waals surface area contributed by atoms with Crippen LogP contribution in [0.4, 0.5) is 10.1 Å². The molecule has 3 aromatic rings. The Hall–Kier alpha value is -2.96. The molecule has 1 aromatic heterocycles. The number of fused-ring (bicyclic) bond motifs is 1. The number of non-ortho nitro benzene ring substituents is 1. The molecular weight excluding hydrogens is 277 g/mol. The summed E-state index contributed by atoms with van der Waals surface area (Å²) in [6.45, 7) is 0. The highest BCUT2D eigenvalue weighted by molar-refractivity contribution is 5.79. The van der Waals surface area contributed by atoms with Gasteiger partial charge in [0.25, 0.3) is 5.69 Å². The Bertz CT molecular complexity index is 827. The molecule has 6 nitrogen and oxygen atoms in total. The molecule has 0 fully saturated rings. The fraction of sp³-hybridized carbons (Fsp3) is 0.0714. The van der Waals surface area contributed by atoms with E-state index in [-0.39, 0.29) is 17.5 Å². The van der Waals surface area contributed by atoms with E-state index in [1.54, 1.807) is 17.7 Å². The lowest BCUT2D eigenvalue weighted by atomic mass is 10.3. The number of aryl methyl sites for hydroxylation is 1. The first-order valence-corrected chi connectivity index (χ1v) is 6.09. The molecule has 0 aliphatic heterocycles. The highest BCUT2D eigenvalue weighted by atomic mass is 19.1. The second kappa shape index (κ2) is 4.86. The van der Waals surface area contributed by atoms with Crippen molar-refractivity contribution in [3.05, 3.63) is 58.4 Å². The lowest BCUT2D eigenvalue weighted by molar-refractivity contribution is -0.384. The van der Waals surface area contributed by atoms with Crippen LogP contribution in [0.5, 0.6) is 11.8 Å². The molecule has 0 aliphatic rings. The van der Waals surface area contributed by atoms with Crippen LogP contribution in [0.1, 0.15) is 0 Å². The van der Waals surface area contributed by atoms with Crippen LogP contribution in [0.2, 0.25) is 0 Å². The first-order valence-electron chi connectivity index (χ1n) is 6.09. The van der Waals surface area contributed by atoms with Crippen LogP contribution in [0.3, 0.4) is 0 Å². The van der Waals surface area contributed by atoms with Crippen molar-refractivity contribution in [3.63, 3.8) is 0 Å².